The van der Waals surface area contributed by atoms with Gasteiger partial charge in [-0.2, -0.15) is 0 Å². The second kappa shape index (κ2) is 6.73. The Morgan fingerprint density at radius 2 is 2.26 bits per heavy atom. The molecule has 1 aliphatic heterocycles. The van der Waals surface area contributed by atoms with E-state index in [1.54, 1.807) is 11.8 Å². The van der Waals surface area contributed by atoms with Crippen LogP contribution in [0.5, 0.6) is 0 Å². The number of rotatable bonds is 5. The molecule has 5 heteroatoms. The van der Waals surface area contributed by atoms with E-state index in [9.17, 15) is 4.79 Å². The van der Waals surface area contributed by atoms with E-state index in [4.69, 9.17) is 5.11 Å². The lowest BCUT2D eigenvalue weighted by molar-refractivity contribution is -0.122. The van der Waals surface area contributed by atoms with Crippen LogP contribution in [-0.2, 0) is 4.79 Å². The van der Waals surface area contributed by atoms with Crippen LogP contribution in [0.4, 0.5) is 0 Å². The van der Waals surface area contributed by atoms with Gasteiger partial charge in [0.2, 0.25) is 5.91 Å². The highest BCUT2D eigenvalue weighted by Gasteiger charge is 2.26. The molecule has 0 aliphatic carbocycles. The maximum atomic E-state index is 12.0. The third-order valence-corrected chi connectivity index (χ3v) is 4.13. The first-order valence-electron chi connectivity index (χ1n) is 6.41. The molecule has 1 aromatic rings. The first-order chi connectivity index (χ1) is 9.24. The molecular formula is C14H18N2O2S. The number of hydrogen-bond acceptors (Lipinski definition) is 4. The molecule has 4 nitrogen and oxygen atoms in total. The minimum absolute atomic E-state index is 0.0304. The average Bonchev–Trinajstić information content (AvgIpc) is 2.95. The molecule has 1 aromatic carbocycles. The molecule has 0 spiro atoms. The summed E-state index contributed by atoms with van der Waals surface area (Å²) >= 11 is 1.60. The van der Waals surface area contributed by atoms with E-state index in [2.05, 4.69) is 10.3 Å². The Hall–Kier alpha value is -1.33. The van der Waals surface area contributed by atoms with Gasteiger partial charge in [-0.3, -0.25) is 9.79 Å². The molecule has 1 amide bonds. The van der Waals surface area contributed by atoms with Crippen LogP contribution in [0.15, 0.2) is 35.3 Å². The fraction of sp³-hybridized carbons (Fsp3) is 0.429. The smallest absolute Gasteiger partial charge is 0.246 e. The van der Waals surface area contributed by atoms with Crippen LogP contribution in [0.25, 0.3) is 0 Å². The Morgan fingerprint density at radius 3 is 2.89 bits per heavy atom. The summed E-state index contributed by atoms with van der Waals surface area (Å²) in [5.41, 5.74) is 1.05. The lowest BCUT2D eigenvalue weighted by Gasteiger charge is -2.15. The van der Waals surface area contributed by atoms with Gasteiger partial charge in [0.05, 0.1) is 17.7 Å². The zero-order valence-corrected chi connectivity index (χ0v) is 11.7. The molecule has 1 aliphatic rings. The fourth-order valence-corrected chi connectivity index (χ4v) is 2.87. The summed E-state index contributed by atoms with van der Waals surface area (Å²) in [4.78, 5) is 16.5. The van der Waals surface area contributed by atoms with Crippen LogP contribution in [0.3, 0.4) is 0 Å². The number of amides is 1. The minimum atomic E-state index is -0.346. The average molecular weight is 278 g/mol. The third-order valence-electron chi connectivity index (χ3n) is 3.03. The van der Waals surface area contributed by atoms with Crippen molar-refractivity contribution in [2.75, 3.05) is 12.4 Å². The molecule has 1 unspecified atom stereocenters. The van der Waals surface area contributed by atoms with Gasteiger partial charge >= 0.3 is 0 Å². The first kappa shape index (κ1) is 14.1. The van der Waals surface area contributed by atoms with Crippen molar-refractivity contribution in [2.24, 2.45) is 4.99 Å². The van der Waals surface area contributed by atoms with Crippen LogP contribution in [-0.4, -0.2) is 40.5 Å². The van der Waals surface area contributed by atoms with Crippen molar-refractivity contribution >= 4 is 22.7 Å². The highest BCUT2D eigenvalue weighted by Crippen LogP contribution is 2.23. The number of carbonyl (C=O) groups excluding carboxylic acids is 1. The van der Waals surface area contributed by atoms with E-state index in [0.717, 1.165) is 17.0 Å². The van der Waals surface area contributed by atoms with Gasteiger partial charge in [0.15, 0.2) is 0 Å². The molecule has 0 aromatic heterocycles. The molecule has 19 heavy (non-hydrogen) atoms. The van der Waals surface area contributed by atoms with Gasteiger partial charge in [-0.15, -0.1) is 11.8 Å². The molecular weight excluding hydrogens is 260 g/mol. The molecule has 2 N–H and O–H groups in total. The van der Waals surface area contributed by atoms with E-state index < -0.39 is 0 Å². The van der Waals surface area contributed by atoms with Crippen molar-refractivity contribution < 1.29 is 9.90 Å². The third kappa shape index (κ3) is 3.58. The highest BCUT2D eigenvalue weighted by atomic mass is 32.2. The van der Waals surface area contributed by atoms with E-state index >= 15 is 0 Å². The summed E-state index contributed by atoms with van der Waals surface area (Å²) in [6.45, 7) is 1.90. The van der Waals surface area contributed by atoms with Crippen molar-refractivity contribution in [3.63, 3.8) is 0 Å². The Kier molecular flexibility index (Phi) is 4.99. The van der Waals surface area contributed by atoms with Crippen molar-refractivity contribution in [1.82, 2.24) is 5.32 Å². The molecule has 0 fully saturated rings. The number of aliphatic hydroxyl groups is 1. The van der Waals surface area contributed by atoms with Crippen molar-refractivity contribution in [3.8, 4) is 0 Å². The summed E-state index contributed by atoms with van der Waals surface area (Å²) < 4.78 is 0. The van der Waals surface area contributed by atoms with Crippen LogP contribution in [0.1, 0.15) is 18.9 Å². The molecule has 1 heterocycles. The van der Waals surface area contributed by atoms with Crippen molar-refractivity contribution in [1.29, 1.82) is 0 Å². The molecule has 0 saturated heterocycles. The number of benzene rings is 1. The van der Waals surface area contributed by atoms with Gasteiger partial charge in [-0.25, -0.2) is 0 Å². The number of carbonyl (C=O) groups is 1. The topological polar surface area (TPSA) is 61.7 Å². The molecule has 0 radical (unpaired) electrons. The molecule has 2 atom stereocenters. The number of nitrogens with zero attached hydrogens (tertiary/aromatic N) is 1. The number of aliphatic imine (C=N–C) groups is 1. The number of aliphatic hydroxyl groups excluding tert-OH is 1. The summed E-state index contributed by atoms with van der Waals surface area (Å²) in [7, 11) is 0. The van der Waals surface area contributed by atoms with Crippen LogP contribution in [0, 0.1) is 0 Å². The highest BCUT2D eigenvalue weighted by molar-refractivity contribution is 8.14. The Bertz CT molecular complexity index is 458. The number of nitrogens with one attached hydrogen (secondary N) is 1. The second-order valence-corrected chi connectivity index (χ2v) is 5.43. The zero-order chi connectivity index (χ0) is 13.7. The Balaban J connectivity index is 2.00. The van der Waals surface area contributed by atoms with E-state index in [-0.39, 0.29) is 24.6 Å². The van der Waals surface area contributed by atoms with Crippen LogP contribution in [0.2, 0.25) is 0 Å². The maximum Gasteiger partial charge on any atom is 0.246 e. The van der Waals surface area contributed by atoms with Gasteiger partial charge < -0.3 is 10.4 Å². The van der Waals surface area contributed by atoms with Gasteiger partial charge in [-0.1, -0.05) is 37.3 Å². The molecule has 2 rings (SSSR count). The fourth-order valence-electron chi connectivity index (χ4n) is 1.82. The second-order valence-electron chi connectivity index (χ2n) is 4.42. The van der Waals surface area contributed by atoms with Crippen molar-refractivity contribution in [2.45, 2.75) is 25.4 Å². The van der Waals surface area contributed by atoms with Gasteiger partial charge in [-0.05, 0) is 6.42 Å². The largest absolute Gasteiger partial charge is 0.394 e. The number of thioether (sulfide) groups is 1. The minimum Gasteiger partial charge on any atom is -0.394 e. The normalized spacial score (nSPS) is 19.9. The first-order valence-corrected chi connectivity index (χ1v) is 7.40. The number of hydrogen-bond donors (Lipinski definition) is 2. The Morgan fingerprint density at radius 1 is 1.53 bits per heavy atom. The zero-order valence-electron chi connectivity index (χ0n) is 10.9. The van der Waals surface area contributed by atoms with E-state index in [1.165, 1.54) is 0 Å². The predicted molar refractivity (Wildman–Crippen MR) is 78.5 cm³/mol. The van der Waals surface area contributed by atoms with Crippen LogP contribution < -0.4 is 5.32 Å². The summed E-state index contributed by atoms with van der Waals surface area (Å²) in [6, 6.07) is 9.36. The van der Waals surface area contributed by atoms with E-state index in [0.29, 0.717) is 5.75 Å². The predicted octanol–water partition coefficient (Wildman–Crippen LogP) is 1.44. The molecule has 0 bridgehead atoms. The summed E-state index contributed by atoms with van der Waals surface area (Å²) in [6.07, 6.45) is 0.720. The van der Waals surface area contributed by atoms with Gasteiger partial charge in [0.25, 0.3) is 0 Å². The van der Waals surface area contributed by atoms with Crippen LogP contribution >= 0.6 is 11.8 Å². The standard InChI is InChI=1S/C14H18N2O2S/c1-2-11(8-17)15-13(18)12-9-19-14(16-12)10-6-4-3-5-7-10/h3-7,11-12,17H,2,8-9H2,1H3,(H,15,18)/t11-,12?/m0/s1. The molecule has 102 valence electrons. The van der Waals surface area contributed by atoms with Gasteiger partial charge in [0.1, 0.15) is 6.04 Å². The molecule has 0 saturated carbocycles. The quantitative estimate of drug-likeness (QED) is 0.856. The lowest BCUT2D eigenvalue weighted by atomic mass is 10.2. The monoisotopic (exact) mass is 278 g/mol. The SMILES string of the molecule is CC[C@@H](CO)NC(=O)C1CSC(c2ccccc2)=N1. The Labute approximate surface area is 117 Å². The summed E-state index contributed by atoms with van der Waals surface area (Å²) in [5.74, 6) is 0.567. The summed E-state index contributed by atoms with van der Waals surface area (Å²) in [5, 5.41) is 12.8. The van der Waals surface area contributed by atoms with Gasteiger partial charge in [0, 0.05) is 11.3 Å². The van der Waals surface area contributed by atoms with Crippen molar-refractivity contribution in [3.05, 3.63) is 35.9 Å². The lowest BCUT2D eigenvalue weighted by Crippen LogP contribution is -2.42. The van der Waals surface area contributed by atoms with E-state index in [1.807, 2.05) is 37.3 Å². The maximum absolute atomic E-state index is 12.0.